The fourth-order valence-corrected chi connectivity index (χ4v) is 6.80. The van der Waals surface area contributed by atoms with Gasteiger partial charge in [-0.1, -0.05) is 48.5 Å². The Labute approximate surface area is 247 Å². The average Bonchev–Trinajstić information content (AvgIpc) is 3.00. The van der Waals surface area contributed by atoms with Crippen molar-refractivity contribution >= 4 is 28.2 Å². The number of fused-ring (bicyclic) bond motifs is 1. The number of para-hydroxylation sites is 1. The molecular weight excluding hydrogens is 528 g/mol. The SMILES string of the molecule is COc1ccccc1C1CC(=O)C2=C(C1)NC(C)=C(C(=O)OC1CCOCC1)[C@H]2c1ccc(N(C)C)c2ccccc12. The van der Waals surface area contributed by atoms with Gasteiger partial charge >= 0.3 is 5.97 Å². The zero-order valence-corrected chi connectivity index (χ0v) is 24.7. The number of ketones is 1. The summed E-state index contributed by atoms with van der Waals surface area (Å²) < 4.78 is 17.2. The molecule has 1 fully saturated rings. The first-order valence-corrected chi connectivity index (χ1v) is 14.7. The van der Waals surface area contributed by atoms with Gasteiger partial charge in [-0.3, -0.25) is 4.79 Å². The molecular formula is C35H38N2O5. The van der Waals surface area contributed by atoms with Crippen molar-refractivity contribution in [3.05, 3.63) is 94.3 Å². The van der Waals surface area contributed by atoms with Crippen LogP contribution in [0.4, 0.5) is 5.69 Å². The second-order valence-corrected chi connectivity index (χ2v) is 11.6. The molecule has 1 unspecified atom stereocenters. The van der Waals surface area contributed by atoms with E-state index in [-0.39, 0.29) is 23.8 Å². The van der Waals surface area contributed by atoms with Crippen LogP contribution in [-0.2, 0) is 19.1 Å². The minimum Gasteiger partial charge on any atom is -0.496 e. The summed E-state index contributed by atoms with van der Waals surface area (Å²) in [6.07, 6.45) is 2.12. The largest absolute Gasteiger partial charge is 0.496 e. The Morgan fingerprint density at radius 1 is 0.929 bits per heavy atom. The summed E-state index contributed by atoms with van der Waals surface area (Å²) in [5.74, 6) is -0.124. The van der Waals surface area contributed by atoms with Gasteiger partial charge in [0.1, 0.15) is 11.9 Å². The van der Waals surface area contributed by atoms with E-state index in [1.54, 1.807) is 7.11 Å². The number of allylic oxidation sites excluding steroid dienone is 3. The first-order chi connectivity index (χ1) is 20.4. The molecule has 6 rings (SSSR count). The van der Waals surface area contributed by atoms with E-state index in [1.165, 1.54) is 0 Å². The van der Waals surface area contributed by atoms with E-state index in [9.17, 15) is 9.59 Å². The van der Waals surface area contributed by atoms with E-state index in [2.05, 4.69) is 34.5 Å². The van der Waals surface area contributed by atoms with Crippen molar-refractivity contribution in [2.24, 2.45) is 0 Å². The van der Waals surface area contributed by atoms with E-state index in [0.717, 1.165) is 44.7 Å². The minimum atomic E-state index is -0.541. The maximum Gasteiger partial charge on any atom is 0.337 e. The van der Waals surface area contributed by atoms with Gasteiger partial charge in [0.05, 0.1) is 25.9 Å². The standard InChI is InChI=1S/C35H38N2O5/c1-21-32(35(39)42-23-15-17-41-18-16-23)33(27-13-14-29(37(2)3)26-11-6-5-10-25(26)27)34-28(36-21)19-22(20-30(34)38)24-9-7-8-12-31(24)40-4/h5-14,22-23,33,36H,15-20H2,1-4H3/t22?,33-/m1/s1. The van der Waals surface area contributed by atoms with Crippen molar-refractivity contribution < 1.29 is 23.8 Å². The van der Waals surface area contributed by atoms with E-state index in [1.807, 2.05) is 57.4 Å². The Hall–Kier alpha value is -4.10. The van der Waals surface area contributed by atoms with Gasteiger partial charge in [-0.05, 0) is 42.0 Å². The van der Waals surface area contributed by atoms with Crippen molar-refractivity contribution in [1.82, 2.24) is 5.32 Å². The summed E-state index contributed by atoms with van der Waals surface area (Å²) >= 11 is 0. The third-order valence-electron chi connectivity index (χ3n) is 8.80. The van der Waals surface area contributed by atoms with E-state index >= 15 is 0 Å². The minimum absolute atomic E-state index is 0.0306. The third-order valence-corrected chi connectivity index (χ3v) is 8.80. The Kier molecular flexibility index (Phi) is 7.78. The number of carbonyl (C=O) groups excluding carboxylic acids is 2. The highest BCUT2D eigenvalue weighted by Gasteiger charge is 2.43. The highest BCUT2D eigenvalue weighted by molar-refractivity contribution is 6.06. The number of anilines is 1. The molecule has 0 radical (unpaired) electrons. The number of carbonyl (C=O) groups is 2. The van der Waals surface area contributed by atoms with Crippen molar-refractivity contribution in [2.45, 2.75) is 50.5 Å². The van der Waals surface area contributed by atoms with Gasteiger partial charge in [0.2, 0.25) is 0 Å². The number of nitrogens with zero attached hydrogens (tertiary/aromatic N) is 1. The monoisotopic (exact) mass is 566 g/mol. The molecule has 3 aliphatic rings. The van der Waals surface area contributed by atoms with Crippen LogP contribution in [0.1, 0.15) is 55.6 Å². The van der Waals surface area contributed by atoms with Gasteiger partial charge < -0.3 is 24.4 Å². The number of rotatable bonds is 6. The smallest absolute Gasteiger partial charge is 0.337 e. The zero-order chi connectivity index (χ0) is 29.4. The number of Topliss-reactive ketones (excluding diaryl/α,β-unsaturated/α-hetero) is 1. The van der Waals surface area contributed by atoms with Crippen molar-refractivity contribution in [2.75, 3.05) is 39.3 Å². The van der Waals surface area contributed by atoms with Crippen LogP contribution in [0.2, 0.25) is 0 Å². The quantitative estimate of drug-likeness (QED) is 0.367. The highest BCUT2D eigenvalue weighted by Crippen LogP contribution is 2.49. The normalized spacial score (nSPS) is 21.2. The van der Waals surface area contributed by atoms with Gasteiger partial charge in [-0.2, -0.15) is 0 Å². The Morgan fingerprint density at radius 2 is 1.64 bits per heavy atom. The first-order valence-electron chi connectivity index (χ1n) is 14.7. The lowest BCUT2D eigenvalue weighted by Crippen LogP contribution is -2.37. The van der Waals surface area contributed by atoms with E-state index < -0.39 is 5.92 Å². The topological polar surface area (TPSA) is 77.1 Å². The van der Waals surface area contributed by atoms with Gasteiger partial charge in [-0.25, -0.2) is 4.79 Å². The van der Waals surface area contributed by atoms with Crippen molar-refractivity contribution in [1.29, 1.82) is 0 Å². The van der Waals surface area contributed by atoms with Gasteiger partial charge in [-0.15, -0.1) is 0 Å². The van der Waals surface area contributed by atoms with Crippen molar-refractivity contribution in [3.63, 3.8) is 0 Å². The second-order valence-electron chi connectivity index (χ2n) is 11.6. The number of nitrogens with one attached hydrogen (secondary N) is 1. The molecule has 2 heterocycles. The highest BCUT2D eigenvalue weighted by atomic mass is 16.6. The molecule has 3 aromatic rings. The van der Waals surface area contributed by atoms with Crippen LogP contribution < -0.4 is 15.0 Å². The summed E-state index contributed by atoms with van der Waals surface area (Å²) in [4.78, 5) is 30.3. The fourth-order valence-electron chi connectivity index (χ4n) is 6.80. The van der Waals surface area contributed by atoms with Gasteiger partial charge in [0.25, 0.3) is 0 Å². The van der Waals surface area contributed by atoms with Crippen LogP contribution in [0.3, 0.4) is 0 Å². The fraction of sp³-hybridized carbons (Fsp3) is 0.371. The molecule has 0 spiro atoms. The molecule has 0 aromatic heterocycles. The molecule has 0 amide bonds. The number of hydrogen-bond donors (Lipinski definition) is 1. The summed E-state index contributed by atoms with van der Waals surface area (Å²) in [5, 5.41) is 5.59. The molecule has 2 aliphatic heterocycles. The van der Waals surface area contributed by atoms with E-state index in [0.29, 0.717) is 50.0 Å². The number of methoxy groups -OCH3 is 1. The predicted molar refractivity (Wildman–Crippen MR) is 164 cm³/mol. The average molecular weight is 567 g/mol. The first kappa shape index (κ1) is 28.0. The Morgan fingerprint density at radius 3 is 2.38 bits per heavy atom. The van der Waals surface area contributed by atoms with Crippen LogP contribution >= 0.6 is 0 Å². The number of hydrogen-bond acceptors (Lipinski definition) is 7. The Balaban J connectivity index is 1.49. The number of benzene rings is 3. The molecule has 1 aliphatic carbocycles. The van der Waals surface area contributed by atoms with Gasteiger partial charge in [0, 0.05) is 73.2 Å². The molecule has 2 atom stereocenters. The number of dihydropyridines is 1. The molecule has 218 valence electrons. The van der Waals surface area contributed by atoms with Crippen LogP contribution in [0.25, 0.3) is 10.8 Å². The zero-order valence-electron chi connectivity index (χ0n) is 24.7. The van der Waals surface area contributed by atoms with Crippen LogP contribution in [-0.4, -0.2) is 52.3 Å². The van der Waals surface area contributed by atoms with Gasteiger partial charge in [0.15, 0.2) is 5.78 Å². The molecule has 0 bridgehead atoms. The van der Waals surface area contributed by atoms with Crippen LogP contribution in [0.15, 0.2) is 83.2 Å². The molecule has 7 nitrogen and oxygen atoms in total. The molecule has 42 heavy (non-hydrogen) atoms. The second kappa shape index (κ2) is 11.6. The molecule has 1 N–H and O–H groups in total. The maximum atomic E-state index is 14.2. The molecule has 1 saturated heterocycles. The van der Waals surface area contributed by atoms with Crippen molar-refractivity contribution in [3.8, 4) is 5.75 Å². The lowest BCUT2D eigenvalue weighted by atomic mass is 9.71. The molecule has 0 saturated carbocycles. The number of ether oxygens (including phenoxy) is 3. The predicted octanol–water partition coefficient (Wildman–Crippen LogP) is 6.00. The number of esters is 1. The summed E-state index contributed by atoms with van der Waals surface area (Å²) in [6, 6.07) is 20.3. The van der Waals surface area contributed by atoms with Crippen LogP contribution in [0.5, 0.6) is 5.75 Å². The van der Waals surface area contributed by atoms with Crippen LogP contribution in [0, 0.1) is 0 Å². The summed E-state index contributed by atoms with van der Waals surface area (Å²) in [7, 11) is 5.71. The Bertz CT molecular complexity index is 1600. The molecule has 3 aromatic carbocycles. The summed E-state index contributed by atoms with van der Waals surface area (Å²) in [5.41, 5.74) is 5.80. The van der Waals surface area contributed by atoms with E-state index in [4.69, 9.17) is 14.2 Å². The molecule has 7 heteroatoms. The maximum absolute atomic E-state index is 14.2. The lowest BCUT2D eigenvalue weighted by Gasteiger charge is -2.38. The third kappa shape index (κ3) is 5.07. The summed E-state index contributed by atoms with van der Waals surface area (Å²) in [6.45, 7) is 3.07. The lowest BCUT2D eigenvalue weighted by molar-refractivity contribution is -0.148.